The number of hydrogen-bond donors (Lipinski definition) is 2. The first-order valence-corrected chi connectivity index (χ1v) is 7.67. The van der Waals surface area contributed by atoms with E-state index in [1.54, 1.807) is 0 Å². The molecule has 0 aromatic rings. The van der Waals surface area contributed by atoms with Gasteiger partial charge in [-0.3, -0.25) is 14.5 Å². The molecule has 0 aliphatic carbocycles. The second kappa shape index (κ2) is 10.2. The molecule has 0 radical (unpaired) electrons. The highest BCUT2D eigenvalue weighted by Gasteiger charge is 2.24. The molecule has 9 heteroatoms. The smallest absolute Gasteiger partial charge is 0.407 e. The number of hydrogen-bond acceptors (Lipinski definition) is 6. The van der Waals surface area contributed by atoms with Gasteiger partial charge in [0.2, 0.25) is 0 Å². The first-order chi connectivity index (χ1) is 11.5. The van der Waals surface area contributed by atoms with Crippen molar-refractivity contribution in [2.75, 3.05) is 27.3 Å². The number of ether oxygens (including phenoxy) is 2. The molecule has 0 aromatic heterocycles. The van der Waals surface area contributed by atoms with Crippen LogP contribution in [0.3, 0.4) is 0 Å². The second-order valence-electron chi connectivity index (χ2n) is 5.20. The maximum atomic E-state index is 11.5. The van der Waals surface area contributed by atoms with Gasteiger partial charge < -0.3 is 20.1 Å². The molecule has 1 aliphatic rings. The topological polar surface area (TPSA) is 114 Å². The van der Waals surface area contributed by atoms with Gasteiger partial charge in [0, 0.05) is 31.3 Å². The first kappa shape index (κ1) is 19.5. The van der Waals surface area contributed by atoms with Gasteiger partial charge in [-0.1, -0.05) is 0 Å². The van der Waals surface area contributed by atoms with Gasteiger partial charge in [-0.25, -0.2) is 9.59 Å². The molecule has 0 saturated heterocycles. The Morgan fingerprint density at radius 3 is 2.25 bits per heavy atom. The van der Waals surface area contributed by atoms with Gasteiger partial charge in [-0.15, -0.1) is 0 Å². The zero-order chi connectivity index (χ0) is 17.9. The lowest BCUT2D eigenvalue weighted by Gasteiger charge is -2.21. The van der Waals surface area contributed by atoms with Gasteiger partial charge in [0.1, 0.15) is 0 Å². The minimum atomic E-state index is -0.565. The number of imide groups is 1. The van der Waals surface area contributed by atoms with E-state index in [4.69, 9.17) is 0 Å². The summed E-state index contributed by atoms with van der Waals surface area (Å²) >= 11 is 0. The Bertz CT molecular complexity index is 487. The largest absolute Gasteiger partial charge is 0.453 e. The fourth-order valence-corrected chi connectivity index (χ4v) is 2.23. The molecule has 4 amide bonds. The summed E-state index contributed by atoms with van der Waals surface area (Å²) in [5.41, 5.74) is 0. The summed E-state index contributed by atoms with van der Waals surface area (Å²) in [5, 5.41) is 5.26. The van der Waals surface area contributed by atoms with Crippen molar-refractivity contribution in [3.05, 3.63) is 12.2 Å². The third-order valence-corrected chi connectivity index (χ3v) is 3.54. The number of carbonyl (C=O) groups is 4. The molecule has 1 unspecified atom stereocenters. The highest BCUT2D eigenvalue weighted by atomic mass is 16.5. The summed E-state index contributed by atoms with van der Waals surface area (Å²) in [5.74, 6) is -0.696. The summed E-state index contributed by atoms with van der Waals surface area (Å²) in [7, 11) is 2.56. The molecule has 1 heterocycles. The van der Waals surface area contributed by atoms with Gasteiger partial charge in [0.15, 0.2) is 0 Å². The van der Waals surface area contributed by atoms with Crippen LogP contribution < -0.4 is 10.6 Å². The van der Waals surface area contributed by atoms with E-state index in [0.29, 0.717) is 25.8 Å². The number of nitrogens with zero attached hydrogens (tertiary/aromatic N) is 1. The van der Waals surface area contributed by atoms with Crippen molar-refractivity contribution in [3.63, 3.8) is 0 Å². The molecule has 0 fully saturated rings. The lowest BCUT2D eigenvalue weighted by atomic mass is 10.1. The van der Waals surface area contributed by atoms with E-state index < -0.39 is 12.2 Å². The molecule has 0 bridgehead atoms. The maximum Gasteiger partial charge on any atom is 0.407 e. The van der Waals surface area contributed by atoms with Crippen molar-refractivity contribution < 1.29 is 28.7 Å². The zero-order valence-corrected chi connectivity index (χ0v) is 13.9. The van der Waals surface area contributed by atoms with Gasteiger partial charge >= 0.3 is 12.2 Å². The van der Waals surface area contributed by atoms with Crippen LogP contribution in [0.15, 0.2) is 12.2 Å². The van der Waals surface area contributed by atoms with E-state index in [0.717, 1.165) is 11.3 Å². The predicted molar refractivity (Wildman–Crippen MR) is 84.1 cm³/mol. The predicted octanol–water partition coefficient (Wildman–Crippen LogP) is 0.552. The van der Waals surface area contributed by atoms with E-state index >= 15 is 0 Å². The minimum absolute atomic E-state index is 0.222. The molecule has 1 rings (SSSR count). The summed E-state index contributed by atoms with van der Waals surface area (Å²) < 4.78 is 9.05. The number of rotatable bonds is 9. The van der Waals surface area contributed by atoms with E-state index in [9.17, 15) is 19.2 Å². The standard InChI is InChI=1S/C15H23N3O6/c1-23-14(21)16-9-4-3-5-11(17-15(22)24-2)8-10-18-12(19)6-7-13(18)20/h6-7,11H,3-5,8-10H2,1-2H3,(H,16,21)(H,17,22). The van der Waals surface area contributed by atoms with Crippen LogP contribution in [0.5, 0.6) is 0 Å². The Labute approximate surface area is 140 Å². The van der Waals surface area contributed by atoms with Crippen LogP contribution in [0.4, 0.5) is 9.59 Å². The molecule has 0 spiro atoms. The zero-order valence-electron chi connectivity index (χ0n) is 13.9. The molecule has 0 aromatic carbocycles. The lowest BCUT2D eigenvalue weighted by molar-refractivity contribution is -0.136. The fraction of sp³-hybridized carbons (Fsp3) is 0.600. The molecule has 24 heavy (non-hydrogen) atoms. The van der Waals surface area contributed by atoms with Crippen molar-refractivity contribution in [2.45, 2.75) is 31.7 Å². The monoisotopic (exact) mass is 341 g/mol. The van der Waals surface area contributed by atoms with Crippen LogP contribution in [0.2, 0.25) is 0 Å². The van der Waals surface area contributed by atoms with Gasteiger partial charge in [0.25, 0.3) is 11.8 Å². The molecular weight excluding hydrogens is 318 g/mol. The molecule has 9 nitrogen and oxygen atoms in total. The SMILES string of the molecule is COC(=O)NCCCCC(CCN1C(=O)C=CC1=O)NC(=O)OC. The van der Waals surface area contributed by atoms with Crippen molar-refractivity contribution in [1.82, 2.24) is 15.5 Å². The third kappa shape index (κ3) is 6.67. The molecule has 2 N–H and O–H groups in total. The molecule has 1 aliphatic heterocycles. The van der Waals surface area contributed by atoms with Crippen LogP contribution in [-0.4, -0.2) is 62.3 Å². The fourth-order valence-electron chi connectivity index (χ4n) is 2.23. The van der Waals surface area contributed by atoms with E-state index in [2.05, 4.69) is 20.1 Å². The number of unbranched alkanes of at least 4 members (excludes halogenated alkanes) is 1. The van der Waals surface area contributed by atoms with Crippen molar-refractivity contribution in [2.24, 2.45) is 0 Å². The molecule has 134 valence electrons. The van der Waals surface area contributed by atoms with E-state index in [1.807, 2.05) is 0 Å². The van der Waals surface area contributed by atoms with Crippen LogP contribution in [0.25, 0.3) is 0 Å². The Kier molecular flexibility index (Phi) is 8.31. The summed E-state index contributed by atoms with van der Waals surface area (Å²) in [6, 6.07) is -0.239. The number of methoxy groups -OCH3 is 2. The summed E-state index contributed by atoms with van der Waals surface area (Å²) in [6.07, 6.45) is 3.90. The number of alkyl carbamates (subject to hydrolysis) is 2. The van der Waals surface area contributed by atoms with Crippen LogP contribution >= 0.6 is 0 Å². The van der Waals surface area contributed by atoms with E-state index in [1.165, 1.54) is 26.4 Å². The average molecular weight is 341 g/mol. The highest BCUT2D eigenvalue weighted by molar-refractivity contribution is 6.12. The Balaban J connectivity index is 2.37. The first-order valence-electron chi connectivity index (χ1n) is 7.67. The molecule has 0 saturated carbocycles. The molecule has 1 atom stereocenters. The van der Waals surface area contributed by atoms with Crippen LogP contribution in [0, 0.1) is 0 Å². The van der Waals surface area contributed by atoms with Crippen LogP contribution in [-0.2, 0) is 19.1 Å². The Morgan fingerprint density at radius 1 is 1.04 bits per heavy atom. The summed E-state index contributed by atoms with van der Waals surface area (Å²) in [6.45, 7) is 0.685. The Hall–Kier alpha value is -2.58. The normalized spacial score (nSPS) is 14.5. The van der Waals surface area contributed by atoms with Gasteiger partial charge in [-0.2, -0.15) is 0 Å². The highest BCUT2D eigenvalue weighted by Crippen LogP contribution is 2.10. The quantitative estimate of drug-likeness (QED) is 0.468. The molecular formula is C15H23N3O6. The minimum Gasteiger partial charge on any atom is -0.453 e. The average Bonchev–Trinajstić information content (AvgIpc) is 2.89. The van der Waals surface area contributed by atoms with Crippen molar-refractivity contribution in [1.29, 1.82) is 0 Å². The number of nitrogens with one attached hydrogen (secondary N) is 2. The van der Waals surface area contributed by atoms with Gasteiger partial charge in [-0.05, 0) is 25.7 Å². The second-order valence-corrected chi connectivity index (χ2v) is 5.20. The van der Waals surface area contributed by atoms with Crippen molar-refractivity contribution in [3.8, 4) is 0 Å². The Morgan fingerprint density at radius 2 is 1.67 bits per heavy atom. The maximum absolute atomic E-state index is 11.5. The lowest BCUT2D eigenvalue weighted by Crippen LogP contribution is -2.39. The summed E-state index contributed by atoms with van der Waals surface area (Å²) in [4.78, 5) is 46.5. The third-order valence-electron chi connectivity index (χ3n) is 3.54. The van der Waals surface area contributed by atoms with Gasteiger partial charge in [0.05, 0.1) is 14.2 Å². The number of amides is 4. The number of carbonyl (C=O) groups excluding carboxylic acids is 4. The van der Waals surface area contributed by atoms with Crippen molar-refractivity contribution >= 4 is 24.0 Å². The van der Waals surface area contributed by atoms with Crippen LogP contribution in [0.1, 0.15) is 25.7 Å². The van der Waals surface area contributed by atoms with E-state index in [-0.39, 0.29) is 24.4 Å².